The molecule has 0 amide bonds. The van der Waals surface area contributed by atoms with Crippen LogP contribution in [0.2, 0.25) is 0 Å². The second kappa shape index (κ2) is 17.7. The molecule has 0 bridgehead atoms. The fraction of sp³-hybridized carbons (Fsp3) is 0.370. The standard InChI is InChI=1S/C46H52N2O2S/c1-5-9-11-34(8-4)32-50-42-24-16-37(17-25-42)39-19-27-44-46(29-39)51-45-28-38(18-26-43(45)48(44)40-20-12-35(30-47)13-21-40)36-14-22-41(23-15-36)49-31-33(7-3)10-6-2/h12-16,18-24,26-29,33-34H,5-11,17,25,31-32H2,1-4H3. The number of anilines is 3. The average Bonchev–Trinajstić information content (AvgIpc) is 3.18. The van der Waals surface area contributed by atoms with E-state index in [0.29, 0.717) is 17.4 Å². The van der Waals surface area contributed by atoms with E-state index in [9.17, 15) is 5.26 Å². The number of ether oxygens (including phenoxy) is 2. The first-order valence-corrected chi connectivity index (χ1v) is 19.9. The maximum absolute atomic E-state index is 9.47. The summed E-state index contributed by atoms with van der Waals surface area (Å²) in [5.41, 5.74) is 8.93. The van der Waals surface area contributed by atoms with E-state index in [1.807, 2.05) is 36.0 Å². The molecule has 264 valence electrons. The minimum atomic E-state index is 0.603. The normalized spacial score (nSPS) is 14.8. The summed E-state index contributed by atoms with van der Waals surface area (Å²) in [6, 6.07) is 32.3. The van der Waals surface area contributed by atoms with Gasteiger partial charge in [0, 0.05) is 21.9 Å². The molecular formula is C46H52N2O2S. The molecule has 4 nitrogen and oxygen atoms in total. The highest BCUT2D eigenvalue weighted by molar-refractivity contribution is 7.99. The predicted molar refractivity (Wildman–Crippen MR) is 214 cm³/mol. The van der Waals surface area contributed by atoms with Crippen molar-refractivity contribution in [2.45, 2.75) is 95.3 Å². The van der Waals surface area contributed by atoms with E-state index in [2.05, 4.69) is 111 Å². The summed E-state index contributed by atoms with van der Waals surface area (Å²) in [4.78, 5) is 4.75. The molecule has 51 heavy (non-hydrogen) atoms. The van der Waals surface area contributed by atoms with Gasteiger partial charge in [-0.2, -0.15) is 5.26 Å². The van der Waals surface area contributed by atoms with Crippen LogP contribution in [0.4, 0.5) is 17.1 Å². The summed E-state index contributed by atoms with van der Waals surface area (Å²) in [6.07, 6.45) is 14.8. The predicted octanol–water partition coefficient (Wildman–Crippen LogP) is 13.7. The van der Waals surface area contributed by atoms with Gasteiger partial charge in [-0.25, -0.2) is 0 Å². The smallest absolute Gasteiger partial charge is 0.119 e. The van der Waals surface area contributed by atoms with Gasteiger partial charge >= 0.3 is 0 Å². The minimum Gasteiger partial charge on any atom is -0.498 e. The van der Waals surface area contributed by atoms with Gasteiger partial charge in [0.15, 0.2) is 0 Å². The van der Waals surface area contributed by atoms with Crippen LogP contribution in [-0.2, 0) is 4.74 Å². The molecule has 0 radical (unpaired) electrons. The molecule has 5 heteroatoms. The minimum absolute atomic E-state index is 0.603. The number of rotatable bonds is 16. The summed E-state index contributed by atoms with van der Waals surface area (Å²) < 4.78 is 12.5. The monoisotopic (exact) mass is 696 g/mol. The molecule has 4 aromatic carbocycles. The first kappa shape index (κ1) is 36.4. The molecule has 0 saturated heterocycles. The largest absolute Gasteiger partial charge is 0.498 e. The van der Waals surface area contributed by atoms with Crippen molar-refractivity contribution in [3.05, 3.63) is 114 Å². The molecule has 6 rings (SSSR count). The molecule has 1 aliphatic heterocycles. The molecule has 0 aromatic heterocycles. The number of benzene rings is 4. The highest BCUT2D eigenvalue weighted by Gasteiger charge is 2.26. The van der Waals surface area contributed by atoms with Crippen molar-refractivity contribution in [3.8, 4) is 22.9 Å². The van der Waals surface area contributed by atoms with Gasteiger partial charge < -0.3 is 14.4 Å². The van der Waals surface area contributed by atoms with E-state index >= 15 is 0 Å². The lowest BCUT2D eigenvalue weighted by atomic mass is 9.95. The van der Waals surface area contributed by atoms with Crippen molar-refractivity contribution in [3.63, 3.8) is 0 Å². The van der Waals surface area contributed by atoms with E-state index < -0.39 is 0 Å². The third-order valence-electron chi connectivity index (χ3n) is 10.4. The molecule has 0 fully saturated rings. The Bertz CT molecular complexity index is 1870. The van der Waals surface area contributed by atoms with Crippen LogP contribution in [0.1, 0.15) is 96.6 Å². The van der Waals surface area contributed by atoms with Gasteiger partial charge in [-0.3, -0.25) is 0 Å². The Morgan fingerprint density at radius 1 is 0.686 bits per heavy atom. The van der Waals surface area contributed by atoms with Crippen molar-refractivity contribution in [1.82, 2.24) is 0 Å². The van der Waals surface area contributed by atoms with Crippen LogP contribution in [-0.4, -0.2) is 13.2 Å². The van der Waals surface area contributed by atoms with Crippen LogP contribution in [0.15, 0.2) is 113 Å². The lowest BCUT2D eigenvalue weighted by molar-refractivity contribution is 0.149. The van der Waals surface area contributed by atoms with E-state index in [4.69, 9.17) is 9.47 Å². The molecule has 0 N–H and O–H groups in total. The molecule has 4 aromatic rings. The Kier molecular flexibility index (Phi) is 12.6. The fourth-order valence-corrected chi connectivity index (χ4v) is 8.16. The third-order valence-corrected chi connectivity index (χ3v) is 11.4. The molecule has 1 heterocycles. The van der Waals surface area contributed by atoms with Crippen LogP contribution in [0.25, 0.3) is 16.7 Å². The number of hydrogen-bond acceptors (Lipinski definition) is 5. The SMILES string of the molecule is CCCCC(CC)COC1=CC=C(c2ccc3c(c2)Sc2cc(-c4ccc(OCC(CC)CCC)cc4)ccc2N3c2ccc(C#N)cc2)CC1. The Morgan fingerprint density at radius 3 is 1.96 bits per heavy atom. The van der Waals surface area contributed by atoms with Gasteiger partial charge in [0.1, 0.15) is 5.75 Å². The quantitative estimate of drug-likeness (QED) is 0.103. The topological polar surface area (TPSA) is 45.5 Å². The van der Waals surface area contributed by atoms with Crippen LogP contribution < -0.4 is 9.64 Å². The summed E-state index contributed by atoms with van der Waals surface area (Å²) in [6.45, 7) is 10.6. The summed E-state index contributed by atoms with van der Waals surface area (Å²) in [7, 11) is 0. The zero-order valence-corrected chi connectivity index (χ0v) is 31.6. The number of allylic oxidation sites excluding steroid dienone is 4. The Labute approximate surface area is 310 Å². The van der Waals surface area contributed by atoms with Crippen molar-refractivity contribution >= 4 is 34.4 Å². The van der Waals surface area contributed by atoms with Gasteiger partial charge in [0.2, 0.25) is 0 Å². The van der Waals surface area contributed by atoms with Crippen molar-refractivity contribution in [2.75, 3.05) is 18.1 Å². The van der Waals surface area contributed by atoms with Crippen LogP contribution >= 0.6 is 11.8 Å². The van der Waals surface area contributed by atoms with Crippen LogP contribution in [0, 0.1) is 23.2 Å². The van der Waals surface area contributed by atoms with E-state index in [1.165, 1.54) is 70.6 Å². The van der Waals surface area contributed by atoms with Gasteiger partial charge in [0.25, 0.3) is 0 Å². The molecule has 0 saturated carbocycles. The van der Waals surface area contributed by atoms with Crippen molar-refractivity contribution in [2.24, 2.45) is 11.8 Å². The number of nitrogens with zero attached hydrogens (tertiary/aromatic N) is 2. The molecule has 2 atom stereocenters. The van der Waals surface area contributed by atoms with Gasteiger partial charge in [0.05, 0.1) is 42.0 Å². The molecule has 0 spiro atoms. The average molecular weight is 697 g/mol. The van der Waals surface area contributed by atoms with Gasteiger partial charge in [-0.05, 0) is 120 Å². The maximum atomic E-state index is 9.47. The van der Waals surface area contributed by atoms with Crippen molar-refractivity contribution in [1.29, 1.82) is 5.26 Å². The zero-order chi connectivity index (χ0) is 35.6. The Hall–Kier alpha value is -4.40. The maximum Gasteiger partial charge on any atom is 0.119 e. The fourth-order valence-electron chi connectivity index (χ4n) is 7.03. The summed E-state index contributed by atoms with van der Waals surface area (Å²) >= 11 is 1.83. The Balaban J connectivity index is 1.26. The van der Waals surface area contributed by atoms with Gasteiger partial charge in [-0.1, -0.05) is 102 Å². The Morgan fingerprint density at radius 2 is 1.33 bits per heavy atom. The van der Waals surface area contributed by atoms with E-state index in [1.54, 1.807) is 0 Å². The van der Waals surface area contributed by atoms with Gasteiger partial charge in [-0.15, -0.1) is 0 Å². The molecule has 2 unspecified atom stereocenters. The third kappa shape index (κ3) is 8.92. The molecular weight excluding hydrogens is 645 g/mol. The zero-order valence-electron chi connectivity index (χ0n) is 30.8. The highest BCUT2D eigenvalue weighted by Crippen LogP contribution is 2.53. The lowest BCUT2D eigenvalue weighted by Crippen LogP contribution is -2.15. The summed E-state index contributed by atoms with van der Waals surface area (Å²) in [5.74, 6) is 3.28. The second-order valence-corrected chi connectivity index (χ2v) is 15.0. The molecule has 1 aliphatic carbocycles. The van der Waals surface area contributed by atoms with E-state index in [0.717, 1.165) is 61.0 Å². The number of unbranched alkanes of at least 4 members (excludes halogenated alkanes) is 1. The molecule has 2 aliphatic rings. The number of fused-ring (bicyclic) bond motifs is 2. The lowest BCUT2D eigenvalue weighted by Gasteiger charge is -2.33. The summed E-state index contributed by atoms with van der Waals surface area (Å²) in [5, 5.41) is 9.47. The van der Waals surface area contributed by atoms with E-state index in [-0.39, 0.29) is 0 Å². The van der Waals surface area contributed by atoms with Crippen molar-refractivity contribution < 1.29 is 9.47 Å². The first-order valence-electron chi connectivity index (χ1n) is 19.1. The van der Waals surface area contributed by atoms with Crippen LogP contribution in [0.5, 0.6) is 5.75 Å². The van der Waals surface area contributed by atoms with Crippen LogP contribution in [0.3, 0.4) is 0 Å². The highest BCUT2D eigenvalue weighted by atomic mass is 32.2. The number of nitriles is 1. The number of hydrogen-bond donors (Lipinski definition) is 0. The first-order chi connectivity index (χ1) is 25.0. The second-order valence-electron chi connectivity index (χ2n) is 13.9.